The SMILES string of the molecule is NCC(N)CO.O=C(O)CCC(=O)O.O=C(O)CCC(=O)O. The number of carboxylic acid groups (broad SMARTS) is 4. The lowest BCUT2D eigenvalue weighted by molar-refractivity contribution is -0.143. The number of aliphatic carboxylic acids is 4. The van der Waals surface area contributed by atoms with E-state index < -0.39 is 23.9 Å². The molecule has 0 rings (SSSR count). The highest BCUT2D eigenvalue weighted by atomic mass is 16.4. The molecule has 0 bridgehead atoms. The fourth-order valence-corrected chi connectivity index (χ4v) is 0.502. The van der Waals surface area contributed by atoms with Crippen LogP contribution in [0.1, 0.15) is 25.7 Å². The van der Waals surface area contributed by atoms with Gasteiger partial charge in [0.1, 0.15) is 0 Å². The largest absolute Gasteiger partial charge is 0.481 e. The average molecular weight is 326 g/mol. The summed E-state index contributed by atoms with van der Waals surface area (Å²) in [4.78, 5) is 38.6. The number of hydrogen-bond donors (Lipinski definition) is 7. The van der Waals surface area contributed by atoms with Crippen molar-refractivity contribution in [1.82, 2.24) is 0 Å². The summed E-state index contributed by atoms with van der Waals surface area (Å²) in [6, 6.07) is -0.231. The quantitative estimate of drug-likeness (QED) is 0.262. The van der Waals surface area contributed by atoms with E-state index >= 15 is 0 Å². The molecule has 0 aliphatic heterocycles. The Hall–Kier alpha value is -2.24. The van der Waals surface area contributed by atoms with Gasteiger partial charge in [-0.1, -0.05) is 0 Å². The molecule has 0 aliphatic carbocycles. The molecule has 0 aromatic heterocycles. The Morgan fingerprint density at radius 2 is 0.955 bits per heavy atom. The van der Waals surface area contributed by atoms with Crippen molar-refractivity contribution in [3.8, 4) is 0 Å². The molecule has 0 amide bonds. The van der Waals surface area contributed by atoms with Gasteiger partial charge in [-0.25, -0.2) is 0 Å². The van der Waals surface area contributed by atoms with Crippen LogP contribution in [-0.2, 0) is 19.2 Å². The van der Waals surface area contributed by atoms with Gasteiger partial charge < -0.3 is 37.0 Å². The summed E-state index contributed by atoms with van der Waals surface area (Å²) in [6.07, 6.45) is -1.19. The zero-order valence-electron chi connectivity index (χ0n) is 11.8. The number of nitrogens with two attached hydrogens (primary N) is 2. The molecule has 0 heterocycles. The number of carboxylic acids is 4. The van der Waals surface area contributed by atoms with Crippen LogP contribution >= 0.6 is 0 Å². The zero-order chi connectivity index (χ0) is 18.1. The molecular formula is C11H22N2O9. The second-order valence-electron chi connectivity index (χ2n) is 3.75. The summed E-state index contributed by atoms with van der Waals surface area (Å²) in [5.74, 6) is -4.31. The minimum Gasteiger partial charge on any atom is -0.481 e. The van der Waals surface area contributed by atoms with Crippen molar-refractivity contribution in [3.63, 3.8) is 0 Å². The molecule has 130 valence electrons. The van der Waals surface area contributed by atoms with Crippen molar-refractivity contribution in [3.05, 3.63) is 0 Å². The first-order chi connectivity index (χ1) is 10.1. The summed E-state index contributed by atoms with van der Waals surface area (Å²) in [5, 5.41) is 39.7. The number of aliphatic hydroxyl groups excluding tert-OH is 1. The lowest BCUT2D eigenvalue weighted by Gasteiger charge is -1.99. The number of hydrogen-bond acceptors (Lipinski definition) is 7. The van der Waals surface area contributed by atoms with E-state index in [1.165, 1.54) is 0 Å². The molecular weight excluding hydrogens is 304 g/mol. The molecule has 1 atom stereocenters. The Bertz CT molecular complexity index is 286. The molecule has 0 aromatic rings. The zero-order valence-corrected chi connectivity index (χ0v) is 11.8. The lowest BCUT2D eigenvalue weighted by Crippen LogP contribution is -2.32. The van der Waals surface area contributed by atoms with Gasteiger partial charge in [0, 0.05) is 12.6 Å². The van der Waals surface area contributed by atoms with Crippen molar-refractivity contribution in [2.75, 3.05) is 13.2 Å². The third-order valence-electron chi connectivity index (χ3n) is 1.64. The van der Waals surface area contributed by atoms with Gasteiger partial charge in [0.2, 0.25) is 0 Å². The monoisotopic (exact) mass is 326 g/mol. The van der Waals surface area contributed by atoms with Crippen LogP contribution in [0.25, 0.3) is 0 Å². The third-order valence-corrected chi connectivity index (χ3v) is 1.64. The van der Waals surface area contributed by atoms with Crippen LogP contribution in [0.2, 0.25) is 0 Å². The van der Waals surface area contributed by atoms with Crippen LogP contribution in [0.5, 0.6) is 0 Å². The molecule has 0 fully saturated rings. The van der Waals surface area contributed by atoms with E-state index in [0.29, 0.717) is 6.54 Å². The summed E-state index contributed by atoms with van der Waals surface area (Å²) in [5.41, 5.74) is 10.1. The van der Waals surface area contributed by atoms with Gasteiger partial charge in [-0.05, 0) is 0 Å². The molecule has 0 radical (unpaired) electrons. The second kappa shape index (κ2) is 16.8. The maximum absolute atomic E-state index is 9.64. The van der Waals surface area contributed by atoms with Crippen molar-refractivity contribution in [2.45, 2.75) is 31.7 Å². The predicted molar refractivity (Wildman–Crippen MR) is 73.1 cm³/mol. The molecule has 0 saturated carbocycles. The molecule has 0 aliphatic rings. The highest BCUT2D eigenvalue weighted by molar-refractivity contribution is 5.75. The van der Waals surface area contributed by atoms with Crippen LogP contribution in [0.3, 0.4) is 0 Å². The van der Waals surface area contributed by atoms with Crippen molar-refractivity contribution in [1.29, 1.82) is 0 Å². The van der Waals surface area contributed by atoms with E-state index in [1.807, 2.05) is 0 Å². The van der Waals surface area contributed by atoms with Gasteiger partial charge in [-0.2, -0.15) is 0 Å². The van der Waals surface area contributed by atoms with Crippen LogP contribution in [0.15, 0.2) is 0 Å². The number of rotatable bonds is 8. The van der Waals surface area contributed by atoms with Crippen LogP contribution < -0.4 is 11.5 Å². The molecule has 11 nitrogen and oxygen atoms in total. The molecule has 0 spiro atoms. The molecule has 11 heteroatoms. The van der Waals surface area contributed by atoms with Crippen molar-refractivity contribution in [2.24, 2.45) is 11.5 Å². The summed E-state index contributed by atoms with van der Waals surface area (Å²) < 4.78 is 0. The first-order valence-electron chi connectivity index (χ1n) is 6.00. The van der Waals surface area contributed by atoms with Gasteiger partial charge in [0.15, 0.2) is 0 Å². The van der Waals surface area contributed by atoms with Crippen molar-refractivity contribution < 1.29 is 44.7 Å². The standard InChI is InChI=1S/2C4H6O4.C3H10N2O/c2*5-3(6)1-2-4(7)8;4-1-3(5)2-6/h2*1-2H2,(H,5,6)(H,7,8);3,6H,1-2,4-5H2. The van der Waals surface area contributed by atoms with E-state index in [1.54, 1.807) is 0 Å². The Kier molecular flexibility index (Phi) is 18.9. The van der Waals surface area contributed by atoms with Crippen molar-refractivity contribution >= 4 is 23.9 Å². The molecule has 0 aromatic carbocycles. The highest BCUT2D eigenvalue weighted by Gasteiger charge is 2.01. The van der Waals surface area contributed by atoms with Gasteiger partial charge in [-0.3, -0.25) is 19.2 Å². The Labute approximate surface area is 126 Å². The molecule has 0 saturated heterocycles. The predicted octanol–water partition coefficient (Wildman–Crippen LogP) is -1.86. The van der Waals surface area contributed by atoms with Gasteiger partial charge in [-0.15, -0.1) is 0 Å². The first-order valence-corrected chi connectivity index (χ1v) is 6.00. The first kappa shape index (κ1) is 24.8. The van der Waals surface area contributed by atoms with E-state index in [4.69, 9.17) is 37.0 Å². The fraction of sp³-hybridized carbons (Fsp3) is 0.636. The maximum Gasteiger partial charge on any atom is 0.303 e. The lowest BCUT2D eigenvalue weighted by atomic mass is 10.3. The van der Waals surface area contributed by atoms with E-state index in [9.17, 15) is 19.2 Å². The summed E-state index contributed by atoms with van der Waals surface area (Å²) in [7, 11) is 0. The molecule has 22 heavy (non-hydrogen) atoms. The van der Waals surface area contributed by atoms with E-state index in [2.05, 4.69) is 0 Å². The van der Waals surface area contributed by atoms with E-state index in [0.717, 1.165) is 0 Å². The highest BCUT2D eigenvalue weighted by Crippen LogP contribution is 1.86. The Morgan fingerprint density at radius 1 is 0.727 bits per heavy atom. The van der Waals surface area contributed by atoms with Gasteiger partial charge in [0.25, 0.3) is 0 Å². The minimum absolute atomic E-state index is 0.0174. The second-order valence-corrected chi connectivity index (χ2v) is 3.75. The van der Waals surface area contributed by atoms with Crippen LogP contribution in [-0.4, -0.2) is 68.6 Å². The molecule has 9 N–H and O–H groups in total. The third kappa shape index (κ3) is 36.1. The van der Waals surface area contributed by atoms with E-state index in [-0.39, 0.29) is 38.3 Å². The normalized spacial score (nSPS) is 10.1. The average Bonchev–Trinajstić information content (AvgIpc) is 2.43. The number of aliphatic hydroxyl groups is 1. The smallest absolute Gasteiger partial charge is 0.303 e. The Morgan fingerprint density at radius 3 is 1.00 bits per heavy atom. The number of carbonyl (C=O) groups is 4. The van der Waals surface area contributed by atoms with Crippen LogP contribution in [0, 0.1) is 0 Å². The van der Waals surface area contributed by atoms with Gasteiger partial charge >= 0.3 is 23.9 Å². The topological polar surface area (TPSA) is 221 Å². The minimum atomic E-state index is -1.08. The maximum atomic E-state index is 9.64. The van der Waals surface area contributed by atoms with Crippen LogP contribution in [0.4, 0.5) is 0 Å². The van der Waals surface area contributed by atoms with Gasteiger partial charge in [0.05, 0.1) is 32.3 Å². The molecule has 1 unspecified atom stereocenters. The Balaban J connectivity index is -0.000000249. The summed E-state index contributed by atoms with van der Waals surface area (Å²) in [6.45, 7) is 0.340. The summed E-state index contributed by atoms with van der Waals surface area (Å²) >= 11 is 0. The fourth-order valence-electron chi connectivity index (χ4n) is 0.502.